The lowest BCUT2D eigenvalue weighted by molar-refractivity contribution is 0.0943. The first kappa shape index (κ1) is 17.2. The van der Waals surface area contributed by atoms with Crippen LogP contribution in [0.25, 0.3) is 0 Å². The molecule has 0 aliphatic carbocycles. The standard InChI is InChI=1S/C16H19ClN4O2/c1-11-8-12(17)4-5-13(11)21-15-9-14(19-10-20-15)16(22)18-6-3-7-23-2/h4-5,8-10H,3,6-7H2,1-2H3,(H,18,22)(H,19,20,21). The number of aromatic nitrogens is 2. The molecule has 7 heteroatoms. The van der Waals surface area contributed by atoms with Crippen LogP contribution in [0, 0.1) is 6.92 Å². The Kier molecular flexibility index (Phi) is 6.31. The molecule has 2 rings (SSSR count). The van der Waals surface area contributed by atoms with Gasteiger partial charge in [0.2, 0.25) is 0 Å². The molecule has 0 fully saturated rings. The Balaban J connectivity index is 2.03. The monoisotopic (exact) mass is 334 g/mol. The van der Waals surface area contributed by atoms with E-state index in [1.54, 1.807) is 19.2 Å². The van der Waals surface area contributed by atoms with Gasteiger partial charge >= 0.3 is 0 Å². The van der Waals surface area contributed by atoms with E-state index in [1.807, 2.05) is 19.1 Å². The fourth-order valence-electron chi connectivity index (χ4n) is 1.96. The van der Waals surface area contributed by atoms with Crippen LogP contribution in [0.5, 0.6) is 0 Å². The highest BCUT2D eigenvalue weighted by Crippen LogP contribution is 2.22. The van der Waals surface area contributed by atoms with E-state index < -0.39 is 0 Å². The van der Waals surface area contributed by atoms with Gasteiger partial charge in [0.25, 0.3) is 5.91 Å². The van der Waals surface area contributed by atoms with Crippen LogP contribution >= 0.6 is 11.6 Å². The maximum atomic E-state index is 12.0. The molecule has 0 saturated heterocycles. The minimum Gasteiger partial charge on any atom is -0.385 e. The van der Waals surface area contributed by atoms with Gasteiger partial charge in [-0.25, -0.2) is 9.97 Å². The van der Waals surface area contributed by atoms with Crippen molar-refractivity contribution in [3.63, 3.8) is 0 Å². The van der Waals surface area contributed by atoms with Crippen LogP contribution in [-0.2, 0) is 4.74 Å². The molecule has 1 amide bonds. The molecule has 122 valence electrons. The zero-order valence-electron chi connectivity index (χ0n) is 13.1. The van der Waals surface area contributed by atoms with Crippen molar-refractivity contribution in [3.05, 3.63) is 46.9 Å². The molecule has 0 bridgehead atoms. The number of methoxy groups -OCH3 is 1. The molecule has 1 aromatic heterocycles. The molecule has 0 spiro atoms. The minimum absolute atomic E-state index is 0.237. The van der Waals surface area contributed by atoms with E-state index in [2.05, 4.69) is 20.6 Å². The lowest BCUT2D eigenvalue weighted by Crippen LogP contribution is -2.26. The third-order valence-electron chi connectivity index (χ3n) is 3.16. The molecular formula is C16H19ClN4O2. The van der Waals surface area contributed by atoms with Crippen molar-refractivity contribution in [3.8, 4) is 0 Å². The van der Waals surface area contributed by atoms with Gasteiger partial charge in [-0.1, -0.05) is 11.6 Å². The summed E-state index contributed by atoms with van der Waals surface area (Å²) < 4.78 is 4.94. The summed E-state index contributed by atoms with van der Waals surface area (Å²) in [6, 6.07) is 7.12. The number of nitrogens with zero attached hydrogens (tertiary/aromatic N) is 2. The van der Waals surface area contributed by atoms with Gasteiger partial charge in [-0.15, -0.1) is 0 Å². The van der Waals surface area contributed by atoms with Crippen molar-refractivity contribution in [2.75, 3.05) is 25.6 Å². The number of ether oxygens (including phenoxy) is 1. The van der Waals surface area contributed by atoms with Gasteiger partial charge in [0.15, 0.2) is 0 Å². The van der Waals surface area contributed by atoms with Crippen LogP contribution < -0.4 is 10.6 Å². The molecule has 6 nitrogen and oxygen atoms in total. The topological polar surface area (TPSA) is 76.1 Å². The van der Waals surface area contributed by atoms with Crippen LogP contribution in [0.4, 0.5) is 11.5 Å². The predicted molar refractivity (Wildman–Crippen MR) is 90.3 cm³/mol. The molecule has 0 aliphatic rings. The fraction of sp³-hybridized carbons (Fsp3) is 0.312. The fourth-order valence-corrected chi connectivity index (χ4v) is 2.19. The molecule has 1 aromatic carbocycles. The molecule has 1 heterocycles. The molecule has 0 aliphatic heterocycles. The van der Waals surface area contributed by atoms with Gasteiger partial charge in [0, 0.05) is 37.0 Å². The van der Waals surface area contributed by atoms with E-state index in [0.29, 0.717) is 29.7 Å². The first-order valence-corrected chi connectivity index (χ1v) is 7.60. The van der Waals surface area contributed by atoms with Crippen LogP contribution in [0.15, 0.2) is 30.6 Å². The molecule has 2 aromatic rings. The Morgan fingerprint density at radius 1 is 1.30 bits per heavy atom. The maximum absolute atomic E-state index is 12.0. The summed E-state index contributed by atoms with van der Waals surface area (Å²) in [7, 11) is 1.63. The first-order valence-electron chi connectivity index (χ1n) is 7.22. The van der Waals surface area contributed by atoms with Crippen molar-refractivity contribution < 1.29 is 9.53 Å². The van der Waals surface area contributed by atoms with E-state index in [0.717, 1.165) is 17.7 Å². The number of rotatable bonds is 7. The number of carbonyl (C=O) groups excluding carboxylic acids is 1. The van der Waals surface area contributed by atoms with Crippen LogP contribution in [0.3, 0.4) is 0 Å². The maximum Gasteiger partial charge on any atom is 0.270 e. The second-order valence-corrected chi connectivity index (χ2v) is 5.41. The third-order valence-corrected chi connectivity index (χ3v) is 3.40. The number of aryl methyl sites for hydroxylation is 1. The Morgan fingerprint density at radius 2 is 2.13 bits per heavy atom. The number of benzene rings is 1. The average Bonchev–Trinajstić information content (AvgIpc) is 2.54. The summed E-state index contributed by atoms with van der Waals surface area (Å²) in [6.45, 7) is 3.08. The van der Waals surface area contributed by atoms with E-state index in [9.17, 15) is 4.79 Å². The third kappa shape index (κ3) is 5.19. The van der Waals surface area contributed by atoms with Crippen LogP contribution in [0.1, 0.15) is 22.5 Å². The van der Waals surface area contributed by atoms with Crippen molar-refractivity contribution in [2.45, 2.75) is 13.3 Å². The Labute approximate surface area is 140 Å². The second kappa shape index (κ2) is 8.45. The number of nitrogens with one attached hydrogen (secondary N) is 2. The zero-order valence-corrected chi connectivity index (χ0v) is 13.9. The smallest absolute Gasteiger partial charge is 0.270 e. The van der Waals surface area contributed by atoms with Gasteiger partial charge in [-0.2, -0.15) is 0 Å². The molecule has 23 heavy (non-hydrogen) atoms. The van der Waals surface area contributed by atoms with Crippen LogP contribution in [0.2, 0.25) is 5.02 Å². The van der Waals surface area contributed by atoms with Gasteiger partial charge in [0.1, 0.15) is 17.8 Å². The summed E-state index contributed by atoms with van der Waals surface area (Å²) in [5, 5.41) is 6.62. The lowest BCUT2D eigenvalue weighted by Gasteiger charge is -2.10. The number of hydrogen-bond donors (Lipinski definition) is 2. The van der Waals surface area contributed by atoms with E-state index >= 15 is 0 Å². The van der Waals surface area contributed by atoms with Crippen molar-refractivity contribution in [2.24, 2.45) is 0 Å². The Hall–Kier alpha value is -2.18. The molecular weight excluding hydrogens is 316 g/mol. The van der Waals surface area contributed by atoms with Crippen molar-refractivity contribution in [1.82, 2.24) is 15.3 Å². The highest BCUT2D eigenvalue weighted by Gasteiger charge is 2.09. The van der Waals surface area contributed by atoms with Crippen molar-refractivity contribution in [1.29, 1.82) is 0 Å². The number of anilines is 2. The number of carbonyl (C=O) groups is 1. The SMILES string of the molecule is COCCCNC(=O)c1cc(Nc2ccc(Cl)cc2C)ncn1. The highest BCUT2D eigenvalue weighted by atomic mass is 35.5. The molecule has 0 saturated carbocycles. The zero-order chi connectivity index (χ0) is 16.7. The van der Waals surface area contributed by atoms with Gasteiger partial charge < -0.3 is 15.4 Å². The van der Waals surface area contributed by atoms with E-state index in [-0.39, 0.29) is 5.91 Å². The summed E-state index contributed by atoms with van der Waals surface area (Å²) in [4.78, 5) is 20.2. The first-order chi connectivity index (χ1) is 11.1. The quantitative estimate of drug-likeness (QED) is 0.761. The summed E-state index contributed by atoms with van der Waals surface area (Å²) in [5.74, 6) is 0.312. The van der Waals surface area contributed by atoms with Gasteiger partial charge in [-0.05, 0) is 37.1 Å². The van der Waals surface area contributed by atoms with Crippen molar-refractivity contribution >= 4 is 29.0 Å². The van der Waals surface area contributed by atoms with Gasteiger partial charge in [0.05, 0.1) is 0 Å². The Bertz CT molecular complexity index is 679. The van der Waals surface area contributed by atoms with E-state index in [1.165, 1.54) is 6.33 Å². The molecule has 0 radical (unpaired) electrons. The number of halogens is 1. The largest absolute Gasteiger partial charge is 0.385 e. The molecule has 0 atom stereocenters. The normalized spacial score (nSPS) is 10.4. The van der Waals surface area contributed by atoms with E-state index in [4.69, 9.17) is 16.3 Å². The van der Waals surface area contributed by atoms with Gasteiger partial charge in [-0.3, -0.25) is 4.79 Å². The summed E-state index contributed by atoms with van der Waals surface area (Å²) >= 11 is 5.94. The summed E-state index contributed by atoms with van der Waals surface area (Å²) in [5.41, 5.74) is 2.17. The lowest BCUT2D eigenvalue weighted by atomic mass is 10.2. The molecule has 2 N–H and O–H groups in total. The van der Waals surface area contributed by atoms with Crippen LogP contribution in [-0.4, -0.2) is 36.1 Å². The highest BCUT2D eigenvalue weighted by molar-refractivity contribution is 6.30. The number of amides is 1. The average molecular weight is 335 g/mol. The predicted octanol–water partition coefficient (Wildman–Crippen LogP) is 2.95. The number of hydrogen-bond acceptors (Lipinski definition) is 5. The second-order valence-electron chi connectivity index (χ2n) is 4.97. The minimum atomic E-state index is -0.237. The summed E-state index contributed by atoms with van der Waals surface area (Å²) in [6.07, 6.45) is 2.11. The Morgan fingerprint density at radius 3 is 2.87 bits per heavy atom. The molecule has 0 unspecified atom stereocenters.